The lowest BCUT2D eigenvalue weighted by Crippen LogP contribution is -2.31. The Kier molecular flexibility index (Phi) is 5.99. The first-order chi connectivity index (χ1) is 9.06. The smallest absolute Gasteiger partial charge is 0.221 e. The van der Waals surface area contributed by atoms with Gasteiger partial charge in [0.25, 0.3) is 0 Å². The fourth-order valence-electron chi connectivity index (χ4n) is 1.66. The van der Waals surface area contributed by atoms with Gasteiger partial charge in [0.05, 0.1) is 19.9 Å². The molecule has 0 aromatic heterocycles. The van der Waals surface area contributed by atoms with E-state index in [1.807, 2.05) is 32.0 Å². The molecule has 19 heavy (non-hydrogen) atoms. The normalized spacial score (nSPS) is 10.2. The quantitative estimate of drug-likeness (QED) is 0.793. The molecule has 0 atom stereocenters. The van der Waals surface area contributed by atoms with E-state index in [1.165, 1.54) is 0 Å². The number of amides is 1. The number of carbonyl (C=O) groups is 1. The van der Waals surface area contributed by atoms with Crippen LogP contribution < -0.4 is 20.1 Å². The van der Waals surface area contributed by atoms with Crippen molar-refractivity contribution in [1.29, 1.82) is 0 Å². The molecular weight excluding hydrogens is 244 g/mol. The zero-order valence-electron chi connectivity index (χ0n) is 11.9. The second-order valence-electron chi connectivity index (χ2n) is 4.47. The van der Waals surface area contributed by atoms with E-state index < -0.39 is 0 Å². The maximum atomic E-state index is 11.5. The Morgan fingerprint density at radius 1 is 1.26 bits per heavy atom. The molecule has 0 aliphatic carbocycles. The predicted molar refractivity (Wildman–Crippen MR) is 75.9 cm³/mol. The first kappa shape index (κ1) is 15.1. The van der Waals surface area contributed by atoms with E-state index in [0.717, 1.165) is 17.2 Å². The van der Waals surface area contributed by atoms with Gasteiger partial charge in [-0.2, -0.15) is 0 Å². The third kappa shape index (κ3) is 5.07. The minimum absolute atomic E-state index is 0.0318. The SMILES string of the molecule is COc1ccc(OC)c(NCCC(=O)NC(C)C)c1. The first-order valence-electron chi connectivity index (χ1n) is 6.32. The molecule has 0 aliphatic heterocycles. The summed E-state index contributed by atoms with van der Waals surface area (Å²) in [5.41, 5.74) is 0.819. The molecule has 1 rings (SSSR count). The molecule has 5 nitrogen and oxygen atoms in total. The third-order valence-corrected chi connectivity index (χ3v) is 2.52. The standard InChI is InChI=1S/C14H22N2O3/c1-10(2)16-14(17)7-8-15-12-9-11(18-3)5-6-13(12)19-4/h5-6,9-10,15H,7-8H2,1-4H3,(H,16,17). The van der Waals surface area contributed by atoms with E-state index in [2.05, 4.69) is 10.6 Å². The highest BCUT2D eigenvalue weighted by Crippen LogP contribution is 2.28. The van der Waals surface area contributed by atoms with Gasteiger partial charge in [-0.15, -0.1) is 0 Å². The van der Waals surface area contributed by atoms with Crippen LogP contribution in [0.1, 0.15) is 20.3 Å². The molecule has 0 radical (unpaired) electrons. The molecule has 1 aromatic carbocycles. The Bertz CT molecular complexity index is 419. The van der Waals surface area contributed by atoms with Gasteiger partial charge in [0.15, 0.2) is 0 Å². The van der Waals surface area contributed by atoms with Crippen LogP contribution >= 0.6 is 0 Å². The van der Waals surface area contributed by atoms with Crippen molar-refractivity contribution in [2.75, 3.05) is 26.1 Å². The van der Waals surface area contributed by atoms with E-state index in [9.17, 15) is 4.79 Å². The van der Waals surface area contributed by atoms with Crippen LogP contribution in [0.2, 0.25) is 0 Å². The number of rotatable bonds is 7. The number of methoxy groups -OCH3 is 2. The molecular formula is C14H22N2O3. The largest absolute Gasteiger partial charge is 0.497 e. The average molecular weight is 266 g/mol. The number of benzene rings is 1. The van der Waals surface area contributed by atoms with Crippen LogP contribution in [0.3, 0.4) is 0 Å². The molecule has 106 valence electrons. The summed E-state index contributed by atoms with van der Waals surface area (Å²) in [6.07, 6.45) is 0.415. The minimum Gasteiger partial charge on any atom is -0.497 e. The highest BCUT2D eigenvalue weighted by Gasteiger charge is 2.06. The Balaban J connectivity index is 2.54. The van der Waals surface area contributed by atoms with Gasteiger partial charge in [-0.1, -0.05) is 0 Å². The molecule has 5 heteroatoms. The topological polar surface area (TPSA) is 59.6 Å². The highest BCUT2D eigenvalue weighted by molar-refractivity contribution is 5.76. The predicted octanol–water partition coefficient (Wildman–Crippen LogP) is 2.03. The number of ether oxygens (including phenoxy) is 2. The van der Waals surface area contributed by atoms with Crippen molar-refractivity contribution in [3.05, 3.63) is 18.2 Å². The molecule has 0 fully saturated rings. The Morgan fingerprint density at radius 3 is 2.58 bits per heavy atom. The maximum Gasteiger partial charge on any atom is 0.221 e. The fourth-order valence-corrected chi connectivity index (χ4v) is 1.66. The van der Waals surface area contributed by atoms with E-state index in [0.29, 0.717) is 13.0 Å². The summed E-state index contributed by atoms with van der Waals surface area (Å²) < 4.78 is 10.4. The molecule has 0 bridgehead atoms. The minimum atomic E-state index is 0.0318. The number of carbonyl (C=O) groups excluding carboxylic acids is 1. The summed E-state index contributed by atoms with van der Waals surface area (Å²) in [6, 6.07) is 5.67. The molecule has 0 aliphatic rings. The molecule has 1 aromatic rings. The Hall–Kier alpha value is -1.91. The van der Waals surface area contributed by atoms with Crippen LogP contribution in [0, 0.1) is 0 Å². The van der Waals surface area contributed by atoms with Crippen LogP contribution in [0.4, 0.5) is 5.69 Å². The van der Waals surface area contributed by atoms with Crippen LogP contribution in [0.15, 0.2) is 18.2 Å². The third-order valence-electron chi connectivity index (χ3n) is 2.52. The summed E-state index contributed by atoms with van der Waals surface area (Å²) >= 11 is 0. The van der Waals surface area contributed by atoms with E-state index in [-0.39, 0.29) is 11.9 Å². The fraction of sp³-hybridized carbons (Fsp3) is 0.500. The average Bonchev–Trinajstić information content (AvgIpc) is 2.37. The summed E-state index contributed by atoms with van der Waals surface area (Å²) in [4.78, 5) is 11.5. The van der Waals surface area contributed by atoms with Crippen molar-refractivity contribution >= 4 is 11.6 Å². The lowest BCUT2D eigenvalue weighted by atomic mass is 10.2. The molecule has 0 heterocycles. The Labute approximate surface area is 114 Å². The molecule has 1 amide bonds. The number of nitrogens with one attached hydrogen (secondary N) is 2. The van der Waals surface area contributed by atoms with Crippen LogP contribution in [0.25, 0.3) is 0 Å². The van der Waals surface area contributed by atoms with Gasteiger partial charge >= 0.3 is 0 Å². The summed E-state index contributed by atoms with van der Waals surface area (Å²) in [7, 11) is 3.22. The second-order valence-corrected chi connectivity index (χ2v) is 4.47. The van der Waals surface area contributed by atoms with Crippen molar-refractivity contribution in [3.63, 3.8) is 0 Å². The zero-order valence-corrected chi connectivity index (χ0v) is 11.9. The van der Waals surface area contributed by atoms with Crippen molar-refractivity contribution in [3.8, 4) is 11.5 Å². The van der Waals surface area contributed by atoms with Gasteiger partial charge in [0, 0.05) is 25.1 Å². The number of anilines is 1. The van der Waals surface area contributed by atoms with Crippen molar-refractivity contribution < 1.29 is 14.3 Å². The summed E-state index contributed by atoms with van der Waals surface area (Å²) in [5.74, 6) is 1.50. The van der Waals surface area contributed by atoms with Crippen LogP contribution in [-0.4, -0.2) is 32.7 Å². The molecule has 0 unspecified atom stereocenters. The van der Waals surface area contributed by atoms with Gasteiger partial charge in [-0.25, -0.2) is 0 Å². The van der Waals surface area contributed by atoms with Crippen LogP contribution in [0.5, 0.6) is 11.5 Å². The van der Waals surface area contributed by atoms with Gasteiger partial charge in [-0.05, 0) is 26.0 Å². The number of hydrogen-bond donors (Lipinski definition) is 2. The molecule has 0 saturated carbocycles. The first-order valence-corrected chi connectivity index (χ1v) is 6.32. The highest BCUT2D eigenvalue weighted by atomic mass is 16.5. The van der Waals surface area contributed by atoms with Gasteiger partial charge < -0.3 is 20.1 Å². The van der Waals surface area contributed by atoms with Crippen molar-refractivity contribution in [1.82, 2.24) is 5.32 Å². The molecule has 0 saturated heterocycles. The number of hydrogen-bond acceptors (Lipinski definition) is 4. The van der Waals surface area contributed by atoms with Gasteiger partial charge in [0.2, 0.25) is 5.91 Å². The second kappa shape index (κ2) is 7.51. The monoisotopic (exact) mass is 266 g/mol. The van der Waals surface area contributed by atoms with E-state index in [1.54, 1.807) is 14.2 Å². The lowest BCUT2D eigenvalue weighted by molar-refractivity contribution is -0.121. The van der Waals surface area contributed by atoms with Gasteiger partial charge in [-0.3, -0.25) is 4.79 Å². The Morgan fingerprint density at radius 2 is 2.00 bits per heavy atom. The molecule has 0 spiro atoms. The van der Waals surface area contributed by atoms with Crippen molar-refractivity contribution in [2.24, 2.45) is 0 Å². The summed E-state index contributed by atoms with van der Waals surface area (Å²) in [5, 5.41) is 6.02. The van der Waals surface area contributed by atoms with Crippen molar-refractivity contribution in [2.45, 2.75) is 26.3 Å². The zero-order chi connectivity index (χ0) is 14.3. The molecule has 2 N–H and O–H groups in total. The lowest BCUT2D eigenvalue weighted by Gasteiger charge is -2.13. The van der Waals surface area contributed by atoms with E-state index >= 15 is 0 Å². The van der Waals surface area contributed by atoms with E-state index in [4.69, 9.17) is 9.47 Å². The summed E-state index contributed by atoms with van der Waals surface area (Å²) in [6.45, 7) is 4.43. The van der Waals surface area contributed by atoms with Gasteiger partial charge in [0.1, 0.15) is 11.5 Å². The van der Waals surface area contributed by atoms with Crippen LogP contribution in [-0.2, 0) is 4.79 Å². The maximum absolute atomic E-state index is 11.5.